The maximum atomic E-state index is 12.7. The first kappa shape index (κ1) is 17.1. The maximum Gasteiger partial charge on any atom is 0.244 e. The van der Waals surface area contributed by atoms with Gasteiger partial charge < -0.3 is 0 Å². The topological polar surface area (TPSA) is 67.3 Å². The molecule has 7 heteroatoms. The second-order valence-corrected chi connectivity index (χ2v) is 8.14. The molecule has 5 nitrogen and oxygen atoms in total. The van der Waals surface area contributed by atoms with Gasteiger partial charge in [0.15, 0.2) is 5.78 Å². The summed E-state index contributed by atoms with van der Waals surface area (Å²) < 4.78 is 26.8. The summed E-state index contributed by atoms with van der Waals surface area (Å²) in [5.74, 6) is -0.424. The van der Waals surface area contributed by atoms with Crippen molar-refractivity contribution in [3.63, 3.8) is 0 Å². The normalized spacial score (nSPS) is 19.1. The summed E-state index contributed by atoms with van der Waals surface area (Å²) in [6, 6.07) is 9.87. The van der Waals surface area contributed by atoms with Crippen molar-refractivity contribution in [2.24, 2.45) is 5.92 Å². The molecule has 1 aromatic carbocycles. The Morgan fingerprint density at radius 2 is 2.08 bits per heavy atom. The van der Waals surface area contributed by atoms with Crippen LogP contribution in [0.1, 0.15) is 23.2 Å². The number of benzene rings is 1. The van der Waals surface area contributed by atoms with Gasteiger partial charge in [-0.3, -0.25) is 9.78 Å². The number of carbonyl (C=O) groups excluding carboxylic acids is 1. The molecule has 0 saturated carbocycles. The summed E-state index contributed by atoms with van der Waals surface area (Å²) in [5.41, 5.74) is 0.521. The molecule has 24 heavy (non-hydrogen) atoms. The molecule has 1 aliphatic heterocycles. The molecular weight excluding hydrogens is 348 g/mol. The summed E-state index contributed by atoms with van der Waals surface area (Å²) in [6.07, 6.45) is 4.18. The van der Waals surface area contributed by atoms with Crippen molar-refractivity contribution in [1.82, 2.24) is 9.29 Å². The van der Waals surface area contributed by atoms with E-state index in [0.29, 0.717) is 30.0 Å². The van der Waals surface area contributed by atoms with Gasteiger partial charge in [0.1, 0.15) is 4.90 Å². The van der Waals surface area contributed by atoms with E-state index >= 15 is 0 Å². The highest BCUT2D eigenvalue weighted by atomic mass is 35.5. The Hall–Kier alpha value is -1.76. The van der Waals surface area contributed by atoms with E-state index in [1.54, 1.807) is 30.3 Å². The predicted octanol–water partition coefficient (Wildman–Crippen LogP) is 3.02. The van der Waals surface area contributed by atoms with Crippen molar-refractivity contribution < 1.29 is 13.2 Å². The molecule has 1 aromatic heterocycles. The second-order valence-electron chi connectivity index (χ2n) is 5.77. The molecule has 2 aromatic rings. The van der Waals surface area contributed by atoms with E-state index in [4.69, 9.17) is 11.6 Å². The molecule has 0 spiro atoms. The number of Topliss-reactive ketones (excluding diaryl/α,β-unsaturated/α-hetero) is 1. The summed E-state index contributed by atoms with van der Waals surface area (Å²) in [5, 5.41) is 0.497. The first-order chi connectivity index (χ1) is 11.5. The van der Waals surface area contributed by atoms with Crippen LogP contribution in [-0.2, 0) is 10.0 Å². The van der Waals surface area contributed by atoms with Crippen LogP contribution in [0, 0.1) is 5.92 Å². The van der Waals surface area contributed by atoms with Crippen molar-refractivity contribution in [3.05, 3.63) is 59.4 Å². The number of piperidine rings is 1. The minimum Gasteiger partial charge on any atom is -0.294 e. The summed E-state index contributed by atoms with van der Waals surface area (Å²) >= 11 is 5.94. The number of pyridine rings is 1. The van der Waals surface area contributed by atoms with Crippen LogP contribution in [0.2, 0.25) is 5.02 Å². The molecule has 0 N–H and O–H groups in total. The van der Waals surface area contributed by atoms with Crippen LogP contribution in [-0.4, -0.2) is 36.6 Å². The fraction of sp³-hybridized carbons (Fsp3) is 0.294. The number of aromatic nitrogens is 1. The number of carbonyl (C=O) groups is 1. The monoisotopic (exact) mass is 364 g/mol. The largest absolute Gasteiger partial charge is 0.294 e. The predicted molar refractivity (Wildman–Crippen MR) is 91.5 cm³/mol. The number of ketones is 1. The zero-order chi connectivity index (χ0) is 17.2. The first-order valence-electron chi connectivity index (χ1n) is 7.68. The second kappa shape index (κ2) is 7.01. The molecule has 2 heterocycles. The van der Waals surface area contributed by atoms with Gasteiger partial charge in [-0.2, -0.15) is 4.31 Å². The quantitative estimate of drug-likeness (QED) is 0.782. The molecule has 1 unspecified atom stereocenters. The molecule has 1 atom stereocenters. The number of sulfonamides is 1. The molecule has 0 aliphatic carbocycles. The van der Waals surface area contributed by atoms with E-state index in [1.165, 1.54) is 22.8 Å². The fourth-order valence-electron chi connectivity index (χ4n) is 2.90. The van der Waals surface area contributed by atoms with Gasteiger partial charge in [0.2, 0.25) is 10.0 Å². The number of halogens is 1. The third-order valence-corrected chi connectivity index (χ3v) is 6.22. The van der Waals surface area contributed by atoms with Crippen LogP contribution in [0.15, 0.2) is 53.7 Å². The van der Waals surface area contributed by atoms with E-state index in [1.807, 2.05) is 0 Å². The Balaban J connectivity index is 1.81. The molecule has 1 saturated heterocycles. The van der Waals surface area contributed by atoms with Gasteiger partial charge in [0.05, 0.1) is 0 Å². The van der Waals surface area contributed by atoms with Gasteiger partial charge in [-0.15, -0.1) is 0 Å². The number of hydrogen-bond acceptors (Lipinski definition) is 4. The van der Waals surface area contributed by atoms with E-state index in [9.17, 15) is 13.2 Å². The smallest absolute Gasteiger partial charge is 0.244 e. The standard InChI is InChI=1S/C17H17ClN2O3S/c18-15-6-1-4-13(10-15)17(21)14-5-3-9-20(12-14)24(22,23)16-7-2-8-19-11-16/h1-2,4,6-8,10-11,14H,3,5,9,12H2. The third kappa shape index (κ3) is 3.50. The highest BCUT2D eigenvalue weighted by Gasteiger charge is 2.33. The molecular formula is C17H17ClN2O3S. The zero-order valence-corrected chi connectivity index (χ0v) is 14.5. The van der Waals surface area contributed by atoms with E-state index in [0.717, 1.165) is 0 Å². The Morgan fingerprint density at radius 3 is 2.79 bits per heavy atom. The fourth-order valence-corrected chi connectivity index (χ4v) is 4.58. The molecule has 1 fully saturated rings. The molecule has 126 valence electrons. The van der Waals surface area contributed by atoms with Crippen molar-refractivity contribution in [3.8, 4) is 0 Å². The molecule has 0 radical (unpaired) electrons. The summed E-state index contributed by atoms with van der Waals surface area (Å²) in [7, 11) is -3.63. The molecule has 0 amide bonds. The summed E-state index contributed by atoms with van der Waals surface area (Å²) in [6.45, 7) is 0.596. The SMILES string of the molecule is O=C(c1cccc(Cl)c1)C1CCCN(S(=O)(=O)c2cccnc2)C1. The van der Waals surface area contributed by atoms with Crippen LogP contribution in [0.5, 0.6) is 0 Å². The van der Waals surface area contributed by atoms with Gasteiger partial charge in [-0.25, -0.2) is 8.42 Å². The number of hydrogen-bond donors (Lipinski definition) is 0. The van der Waals surface area contributed by atoms with Crippen molar-refractivity contribution >= 4 is 27.4 Å². The van der Waals surface area contributed by atoms with Gasteiger partial charge in [0, 0.05) is 42.0 Å². The van der Waals surface area contributed by atoms with Gasteiger partial charge >= 0.3 is 0 Å². The third-order valence-electron chi connectivity index (χ3n) is 4.14. The van der Waals surface area contributed by atoms with Crippen LogP contribution < -0.4 is 0 Å². The number of rotatable bonds is 4. The highest BCUT2D eigenvalue weighted by Crippen LogP contribution is 2.26. The maximum absolute atomic E-state index is 12.7. The molecule has 1 aliphatic rings. The lowest BCUT2D eigenvalue weighted by atomic mass is 9.91. The Morgan fingerprint density at radius 1 is 1.25 bits per heavy atom. The van der Waals surface area contributed by atoms with Crippen molar-refractivity contribution in [2.45, 2.75) is 17.7 Å². The van der Waals surface area contributed by atoms with Gasteiger partial charge in [-0.1, -0.05) is 23.7 Å². The van der Waals surface area contributed by atoms with Gasteiger partial charge in [0.25, 0.3) is 0 Å². The lowest BCUT2D eigenvalue weighted by Crippen LogP contribution is -2.42. The minimum atomic E-state index is -3.63. The van der Waals surface area contributed by atoms with Crippen LogP contribution >= 0.6 is 11.6 Å². The summed E-state index contributed by atoms with van der Waals surface area (Å²) in [4.78, 5) is 16.7. The van der Waals surface area contributed by atoms with Crippen molar-refractivity contribution in [1.29, 1.82) is 0 Å². The van der Waals surface area contributed by atoms with Crippen LogP contribution in [0.3, 0.4) is 0 Å². The van der Waals surface area contributed by atoms with E-state index < -0.39 is 10.0 Å². The Bertz CT molecular complexity index is 840. The molecule has 3 rings (SSSR count). The highest BCUT2D eigenvalue weighted by molar-refractivity contribution is 7.89. The zero-order valence-electron chi connectivity index (χ0n) is 12.9. The minimum absolute atomic E-state index is 0.0661. The first-order valence-corrected chi connectivity index (χ1v) is 9.50. The Kier molecular flexibility index (Phi) is 4.99. The number of nitrogens with zero attached hydrogens (tertiary/aromatic N) is 2. The molecule has 0 bridgehead atoms. The lowest BCUT2D eigenvalue weighted by molar-refractivity contribution is 0.0872. The van der Waals surface area contributed by atoms with Crippen LogP contribution in [0.25, 0.3) is 0 Å². The van der Waals surface area contributed by atoms with Crippen LogP contribution in [0.4, 0.5) is 0 Å². The van der Waals surface area contributed by atoms with Crippen molar-refractivity contribution in [2.75, 3.05) is 13.1 Å². The lowest BCUT2D eigenvalue weighted by Gasteiger charge is -2.31. The van der Waals surface area contributed by atoms with E-state index in [2.05, 4.69) is 4.98 Å². The average Bonchev–Trinajstić information content (AvgIpc) is 2.62. The van der Waals surface area contributed by atoms with E-state index in [-0.39, 0.29) is 23.1 Å². The van der Waals surface area contributed by atoms with Gasteiger partial charge in [-0.05, 0) is 37.1 Å². The Labute approximate surface area is 146 Å². The average molecular weight is 365 g/mol.